The highest BCUT2D eigenvalue weighted by molar-refractivity contribution is 7.91. The van der Waals surface area contributed by atoms with Gasteiger partial charge < -0.3 is 9.64 Å². The van der Waals surface area contributed by atoms with Gasteiger partial charge in [-0.15, -0.1) is 6.42 Å². The van der Waals surface area contributed by atoms with Crippen LogP contribution in [-0.2, 0) is 14.6 Å². The second-order valence-corrected chi connectivity index (χ2v) is 9.00. The largest absolute Gasteiger partial charge is 0.457 e. The van der Waals surface area contributed by atoms with Gasteiger partial charge in [0, 0.05) is 12.8 Å². The Morgan fingerprint density at radius 1 is 1.17 bits per heavy atom. The number of sulfone groups is 1. The molecule has 1 heterocycles. The molecule has 152 valence electrons. The standard InChI is InChI=1S/C21H22N2O5S/c1-2-14-23-15-6-13-21(23,20(24)22-25)16-29(26,27)19-11-9-18(10-12-19)28-17-7-4-3-5-8-17/h1,3-5,7-12,25H,6,13-16H2,(H,22,24)/p+1/t21-/m0/s1. The van der Waals surface area contributed by atoms with Crippen LogP contribution in [0.15, 0.2) is 59.5 Å². The van der Waals surface area contributed by atoms with Crippen LogP contribution in [0.3, 0.4) is 0 Å². The number of likely N-dealkylation sites (tertiary alicyclic amines) is 1. The number of amides is 1. The van der Waals surface area contributed by atoms with E-state index in [1.807, 2.05) is 18.2 Å². The van der Waals surface area contributed by atoms with Crippen LogP contribution in [0.4, 0.5) is 0 Å². The number of benzene rings is 2. The first-order chi connectivity index (χ1) is 13.9. The molecule has 1 amide bonds. The molecule has 29 heavy (non-hydrogen) atoms. The summed E-state index contributed by atoms with van der Waals surface area (Å²) >= 11 is 0. The second-order valence-electron chi connectivity index (χ2n) is 7.01. The summed E-state index contributed by atoms with van der Waals surface area (Å²) in [4.78, 5) is 13.2. The zero-order valence-electron chi connectivity index (χ0n) is 15.8. The van der Waals surface area contributed by atoms with Crippen molar-refractivity contribution in [2.24, 2.45) is 0 Å². The topological polar surface area (TPSA) is 97.1 Å². The highest BCUT2D eigenvalue weighted by Gasteiger charge is 2.54. The normalized spacial score (nSPS) is 21.3. The van der Waals surface area contributed by atoms with Gasteiger partial charge in [-0.2, -0.15) is 0 Å². The Morgan fingerprint density at radius 2 is 1.83 bits per heavy atom. The molecule has 7 nitrogen and oxygen atoms in total. The number of rotatable bonds is 7. The number of ether oxygens (including phenoxy) is 1. The molecule has 0 aromatic heterocycles. The van der Waals surface area contributed by atoms with Crippen molar-refractivity contribution in [2.75, 3.05) is 18.8 Å². The molecule has 2 atom stereocenters. The fraction of sp³-hybridized carbons (Fsp3) is 0.286. The van der Waals surface area contributed by atoms with Gasteiger partial charge in [-0.25, -0.2) is 13.9 Å². The van der Waals surface area contributed by atoms with E-state index in [1.165, 1.54) is 12.1 Å². The van der Waals surface area contributed by atoms with Gasteiger partial charge >= 0.3 is 5.91 Å². The molecule has 1 aliphatic heterocycles. The van der Waals surface area contributed by atoms with Gasteiger partial charge in [-0.3, -0.25) is 10.0 Å². The van der Waals surface area contributed by atoms with Crippen LogP contribution in [0, 0.1) is 12.3 Å². The molecule has 0 aliphatic carbocycles. The van der Waals surface area contributed by atoms with Crippen LogP contribution in [0.1, 0.15) is 12.8 Å². The maximum atomic E-state index is 13.1. The van der Waals surface area contributed by atoms with Gasteiger partial charge in [0.2, 0.25) is 0 Å². The first-order valence-corrected chi connectivity index (χ1v) is 10.9. The van der Waals surface area contributed by atoms with E-state index >= 15 is 0 Å². The molecule has 1 saturated heterocycles. The number of quaternary nitrogens is 1. The molecule has 0 bridgehead atoms. The number of para-hydroxylation sites is 1. The van der Waals surface area contributed by atoms with E-state index in [1.54, 1.807) is 29.7 Å². The van der Waals surface area contributed by atoms with Gasteiger partial charge in [0.15, 0.2) is 15.4 Å². The number of terminal acetylenes is 1. The third kappa shape index (κ3) is 4.43. The van der Waals surface area contributed by atoms with Gasteiger partial charge in [0.05, 0.1) is 11.4 Å². The van der Waals surface area contributed by atoms with E-state index in [4.69, 9.17) is 11.2 Å². The molecule has 0 spiro atoms. The molecular weight excluding hydrogens is 392 g/mol. The molecule has 2 aromatic carbocycles. The minimum absolute atomic E-state index is 0.0787. The van der Waals surface area contributed by atoms with Crippen molar-refractivity contribution in [3.63, 3.8) is 0 Å². The van der Waals surface area contributed by atoms with Crippen LogP contribution in [-0.4, -0.2) is 43.9 Å². The van der Waals surface area contributed by atoms with E-state index < -0.39 is 27.0 Å². The highest BCUT2D eigenvalue weighted by atomic mass is 32.2. The predicted molar refractivity (Wildman–Crippen MR) is 106 cm³/mol. The number of hydrogen-bond donors (Lipinski definition) is 3. The van der Waals surface area contributed by atoms with E-state index in [9.17, 15) is 18.4 Å². The average Bonchev–Trinajstić information content (AvgIpc) is 3.11. The molecule has 8 heteroatoms. The van der Waals surface area contributed by atoms with E-state index in [0.717, 1.165) is 0 Å². The summed E-state index contributed by atoms with van der Waals surface area (Å²) in [5.74, 6) is 2.46. The van der Waals surface area contributed by atoms with Crippen LogP contribution in [0.2, 0.25) is 0 Å². The zero-order valence-corrected chi connectivity index (χ0v) is 16.6. The van der Waals surface area contributed by atoms with Crippen molar-refractivity contribution in [2.45, 2.75) is 23.3 Å². The first-order valence-electron chi connectivity index (χ1n) is 9.20. The predicted octanol–water partition coefficient (Wildman–Crippen LogP) is 0.809. The molecule has 3 rings (SSSR count). The molecule has 1 fully saturated rings. The van der Waals surface area contributed by atoms with Crippen LogP contribution < -0.4 is 15.1 Å². The number of carbonyl (C=O) groups is 1. The van der Waals surface area contributed by atoms with E-state index in [2.05, 4.69) is 5.92 Å². The Hall–Kier alpha value is -2.86. The van der Waals surface area contributed by atoms with E-state index in [0.29, 0.717) is 35.8 Å². The monoisotopic (exact) mass is 415 g/mol. The van der Waals surface area contributed by atoms with Crippen molar-refractivity contribution >= 4 is 15.7 Å². The Labute approximate surface area is 170 Å². The summed E-state index contributed by atoms with van der Waals surface area (Å²) in [6.07, 6.45) is 6.36. The molecule has 3 N–H and O–H groups in total. The summed E-state index contributed by atoms with van der Waals surface area (Å²) in [5.41, 5.74) is 0.314. The molecule has 1 unspecified atom stereocenters. The highest BCUT2D eigenvalue weighted by Crippen LogP contribution is 2.26. The van der Waals surface area contributed by atoms with Crippen molar-refractivity contribution in [3.05, 3.63) is 54.6 Å². The zero-order chi connectivity index (χ0) is 20.9. The maximum Gasteiger partial charge on any atom is 0.305 e. The lowest BCUT2D eigenvalue weighted by Gasteiger charge is -2.31. The second kappa shape index (κ2) is 8.66. The van der Waals surface area contributed by atoms with Crippen molar-refractivity contribution in [1.82, 2.24) is 5.48 Å². The van der Waals surface area contributed by atoms with E-state index in [-0.39, 0.29) is 11.4 Å². The fourth-order valence-corrected chi connectivity index (χ4v) is 5.61. The summed E-state index contributed by atoms with van der Waals surface area (Å²) in [6.45, 7) is 0.768. The van der Waals surface area contributed by atoms with Gasteiger partial charge in [0.25, 0.3) is 0 Å². The average molecular weight is 415 g/mol. The van der Waals surface area contributed by atoms with Crippen molar-refractivity contribution in [1.29, 1.82) is 0 Å². The smallest absolute Gasteiger partial charge is 0.305 e. The third-order valence-electron chi connectivity index (χ3n) is 5.21. The minimum Gasteiger partial charge on any atom is -0.457 e. The molecule has 2 aromatic rings. The van der Waals surface area contributed by atoms with Crippen molar-refractivity contribution in [3.8, 4) is 23.8 Å². The number of carbonyl (C=O) groups excluding carboxylic acids is 1. The van der Waals surface area contributed by atoms with Crippen LogP contribution >= 0.6 is 0 Å². The Balaban J connectivity index is 1.84. The van der Waals surface area contributed by atoms with Crippen LogP contribution in [0.25, 0.3) is 0 Å². The Morgan fingerprint density at radius 3 is 2.45 bits per heavy atom. The number of nitrogens with one attached hydrogen (secondary N) is 2. The first kappa shape index (κ1) is 20.9. The number of hydroxylamine groups is 1. The number of hydrogen-bond acceptors (Lipinski definition) is 5. The third-order valence-corrected chi connectivity index (χ3v) is 7.07. The van der Waals surface area contributed by atoms with Gasteiger partial charge in [0.1, 0.15) is 23.8 Å². The lowest BCUT2D eigenvalue weighted by atomic mass is 9.98. The summed E-state index contributed by atoms with van der Waals surface area (Å²) < 4.78 is 31.8. The van der Waals surface area contributed by atoms with Crippen molar-refractivity contribution < 1.29 is 28.1 Å². The fourth-order valence-electron chi connectivity index (χ4n) is 3.77. The summed E-state index contributed by atoms with van der Waals surface area (Å²) in [5, 5.41) is 9.21. The quantitative estimate of drug-likeness (QED) is 0.353. The lowest BCUT2D eigenvalue weighted by molar-refractivity contribution is -0.919. The van der Waals surface area contributed by atoms with Gasteiger partial charge in [-0.05, 0) is 42.3 Å². The molecular formula is C21H23N2O5S+. The Kier molecular flexibility index (Phi) is 6.23. The maximum absolute atomic E-state index is 13.1. The lowest BCUT2D eigenvalue weighted by Crippen LogP contribution is -3.20. The molecule has 1 aliphatic rings. The summed E-state index contributed by atoms with van der Waals surface area (Å²) in [6, 6.07) is 15.2. The summed E-state index contributed by atoms with van der Waals surface area (Å²) in [7, 11) is -3.82. The SMILES string of the molecule is C#CC[NH+]1CCC[C@]1(CS(=O)(=O)c1ccc(Oc2ccccc2)cc1)C(=O)NO. The molecule has 0 radical (unpaired) electrons. The van der Waals surface area contributed by atoms with Crippen LogP contribution in [0.5, 0.6) is 11.5 Å². The minimum atomic E-state index is -3.82. The molecule has 0 saturated carbocycles. The van der Waals surface area contributed by atoms with Gasteiger partial charge in [-0.1, -0.05) is 18.2 Å². The Bertz CT molecular complexity index is 1000.